The highest BCUT2D eigenvalue weighted by molar-refractivity contribution is 6.06. The summed E-state index contributed by atoms with van der Waals surface area (Å²) in [6.07, 6.45) is -0.0738. The number of ether oxygens (including phenoxy) is 2. The summed E-state index contributed by atoms with van der Waals surface area (Å²) in [5.41, 5.74) is 2.80. The van der Waals surface area contributed by atoms with Crippen molar-refractivity contribution in [3.8, 4) is 11.5 Å². The molecule has 0 spiro atoms. The van der Waals surface area contributed by atoms with E-state index in [0.717, 1.165) is 11.3 Å². The quantitative estimate of drug-likeness (QED) is 0.364. The normalized spacial score (nSPS) is 16.5. The molecule has 2 aromatic rings. The molecule has 3 heterocycles. The van der Waals surface area contributed by atoms with E-state index in [1.54, 1.807) is 17.0 Å². The van der Waals surface area contributed by atoms with Crippen molar-refractivity contribution in [1.82, 2.24) is 15.2 Å². The molecule has 0 fully saturated rings. The van der Waals surface area contributed by atoms with Gasteiger partial charge in [-0.2, -0.15) is 0 Å². The first-order chi connectivity index (χ1) is 19.3. The summed E-state index contributed by atoms with van der Waals surface area (Å²) in [6.45, 7) is 10.7. The molecule has 1 amide bonds. The van der Waals surface area contributed by atoms with Crippen LogP contribution in [-0.2, 0) is 16.8 Å². The maximum atomic E-state index is 13.7. The van der Waals surface area contributed by atoms with Crippen molar-refractivity contribution in [2.45, 2.75) is 59.1 Å². The van der Waals surface area contributed by atoms with Crippen LogP contribution in [0.15, 0.2) is 18.2 Å². The van der Waals surface area contributed by atoms with E-state index in [9.17, 15) is 19.5 Å². The van der Waals surface area contributed by atoms with Gasteiger partial charge in [-0.05, 0) is 37.0 Å². The van der Waals surface area contributed by atoms with Crippen LogP contribution >= 0.6 is 12.4 Å². The molecule has 4 rings (SSSR count). The number of hydrogen-bond acceptors (Lipinski definition) is 8. The molecular weight excluding hydrogens is 562 g/mol. The Hall–Kier alpha value is -3.86. The first-order valence-electron chi connectivity index (χ1n) is 13.9. The number of fused-ring (bicyclic) bond motifs is 2. The smallest absolute Gasteiger partial charge is 0.310 e. The standard InChI is InChI=1S/C30H39N5O6.ClH/c1-8-18(29(38)39)23-15-34(7)20-11-16(10-19(26(20)41-23)30(3,4)5)21(36)14-35-13-17-12-22(40-9-2)25(28(37)32-6)33-24(17)27(35)31;/h10-12,18,23,31H,8-9,13-15H2,1-7H3,(H,32,37)(H,38,39);1H. The minimum absolute atomic E-state index is 0. The summed E-state index contributed by atoms with van der Waals surface area (Å²) in [5.74, 6) is -1.13. The van der Waals surface area contributed by atoms with E-state index in [2.05, 4.69) is 10.3 Å². The molecule has 0 saturated heterocycles. The van der Waals surface area contributed by atoms with Crippen LogP contribution < -0.4 is 19.7 Å². The van der Waals surface area contributed by atoms with Gasteiger partial charge in [-0.25, -0.2) is 4.98 Å². The lowest BCUT2D eigenvalue weighted by Gasteiger charge is -2.39. The molecule has 228 valence electrons. The topological polar surface area (TPSA) is 145 Å². The van der Waals surface area contributed by atoms with Gasteiger partial charge in [0.1, 0.15) is 23.4 Å². The van der Waals surface area contributed by atoms with Gasteiger partial charge in [-0.15, -0.1) is 12.4 Å². The Morgan fingerprint density at radius 3 is 2.50 bits per heavy atom. The number of nitrogens with zero attached hydrogens (tertiary/aromatic N) is 3. The number of aliphatic carboxylic acids is 1. The van der Waals surface area contributed by atoms with Gasteiger partial charge in [0.15, 0.2) is 17.2 Å². The number of ketones is 1. The zero-order chi connectivity index (χ0) is 30.2. The van der Waals surface area contributed by atoms with E-state index < -0.39 is 23.9 Å². The van der Waals surface area contributed by atoms with Crippen molar-refractivity contribution in [3.05, 3.63) is 46.3 Å². The Balaban J connectivity index is 0.00000484. The van der Waals surface area contributed by atoms with Gasteiger partial charge in [-0.3, -0.25) is 19.8 Å². The Morgan fingerprint density at radius 1 is 1.24 bits per heavy atom. The molecule has 0 bridgehead atoms. The molecule has 2 unspecified atom stereocenters. The van der Waals surface area contributed by atoms with Crippen molar-refractivity contribution in [3.63, 3.8) is 0 Å². The van der Waals surface area contributed by atoms with Crippen molar-refractivity contribution >= 4 is 41.6 Å². The number of carbonyl (C=O) groups excluding carboxylic acids is 2. The fourth-order valence-corrected chi connectivity index (χ4v) is 5.34. The number of carboxylic acids is 1. The molecule has 1 aromatic heterocycles. The second kappa shape index (κ2) is 12.6. The maximum absolute atomic E-state index is 13.7. The lowest BCUT2D eigenvalue weighted by atomic mass is 9.83. The molecule has 0 radical (unpaired) electrons. The number of hydrogen-bond donors (Lipinski definition) is 3. The number of nitrogens with one attached hydrogen (secondary N) is 2. The van der Waals surface area contributed by atoms with Gasteiger partial charge >= 0.3 is 5.97 Å². The van der Waals surface area contributed by atoms with E-state index in [0.29, 0.717) is 47.9 Å². The third kappa shape index (κ3) is 6.16. The van der Waals surface area contributed by atoms with Crippen LogP contribution in [0.1, 0.15) is 78.7 Å². The van der Waals surface area contributed by atoms with E-state index in [1.807, 2.05) is 52.6 Å². The minimum atomic E-state index is -0.891. The van der Waals surface area contributed by atoms with E-state index in [1.165, 1.54) is 7.05 Å². The van der Waals surface area contributed by atoms with Crippen molar-refractivity contribution in [1.29, 1.82) is 5.41 Å². The fraction of sp³-hybridized carbons (Fsp3) is 0.500. The summed E-state index contributed by atoms with van der Waals surface area (Å²) < 4.78 is 12.0. The number of anilines is 1. The first-order valence-corrected chi connectivity index (χ1v) is 13.9. The van der Waals surface area contributed by atoms with E-state index >= 15 is 0 Å². The van der Waals surface area contributed by atoms with Gasteiger partial charge in [0.2, 0.25) is 0 Å². The van der Waals surface area contributed by atoms with Gasteiger partial charge in [-0.1, -0.05) is 27.7 Å². The average Bonchev–Trinajstić information content (AvgIpc) is 3.20. The number of carboxylic acid groups (broad SMARTS) is 1. The summed E-state index contributed by atoms with van der Waals surface area (Å²) in [6, 6.07) is 5.32. The van der Waals surface area contributed by atoms with Crippen LogP contribution in [0.4, 0.5) is 5.69 Å². The number of carbonyl (C=O) groups is 3. The Bertz CT molecular complexity index is 1410. The van der Waals surface area contributed by atoms with Crippen LogP contribution in [0.2, 0.25) is 0 Å². The maximum Gasteiger partial charge on any atom is 0.310 e. The Morgan fingerprint density at radius 2 is 1.93 bits per heavy atom. The summed E-state index contributed by atoms with van der Waals surface area (Å²) in [5, 5.41) is 21.0. The highest BCUT2D eigenvalue weighted by atomic mass is 35.5. The molecule has 42 heavy (non-hydrogen) atoms. The molecule has 0 saturated carbocycles. The summed E-state index contributed by atoms with van der Waals surface area (Å²) in [4.78, 5) is 46.0. The third-order valence-corrected chi connectivity index (χ3v) is 7.58. The number of rotatable bonds is 9. The number of amidine groups is 1. The molecule has 2 aliphatic rings. The van der Waals surface area contributed by atoms with Gasteiger partial charge in [0.25, 0.3) is 5.91 Å². The molecule has 1 aromatic carbocycles. The predicted molar refractivity (Wildman–Crippen MR) is 162 cm³/mol. The van der Waals surface area contributed by atoms with E-state index in [4.69, 9.17) is 14.9 Å². The van der Waals surface area contributed by atoms with Gasteiger partial charge in [0.05, 0.1) is 31.3 Å². The fourth-order valence-electron chi connectivity index (χ4n) is 5.34. The van der Waals surface area contributed by atoms with Gasteiger partial charge < -0.3 is 29.7 Å². The van der Waals surface area contributed by atoms with Crippen molar-refractivity contribution in [2.75, 3.05) is 38.7 Å². The number of likely N-dealkylation sites (N-methyl/N-ethyl adjacent to an activating group) is 1. The number of pyridine rings is 1. The van der Waals surface area contributed by atoms with Crippen molar-refractivity contribution < 1.29 is 29.0 Å². The molecule has 12 heteroatoms. The highest BCUT2D eigenvalue weighted by Crippen LogP contribution is 2.44. The zero-order valence-electron chi connectivity index (χ0n) is 25.2. The van der Waals surface area contributed by atoms with Crippen LogP contribution in [0.25, 0.3) is 0 Å². The van der Waals surface area contributed by atoms with Gasteiger partial charge in [0, 0.05) is 37.3 Å². The number of halogens is 1. The predicted octanol–water partition coefficient (Wildman–Crippen LogP) is 3.89. The average molecular weight is 602 g/mol. The molecule has 2 atom stereocenters. The minimum Gasteiger partial charge on any atom is -0.491 e. The molecule has 0 aliphatic carbocycles. The molecule has 3 N–H and O–H groups in total. The SMILES string of the molecule is CCOc1cc2c(nc1C(=O)NC)C(=N)N(CC(=O)c1cc3c(c(C(C)(C)C)c1)OC(C(CC)C(=O)O)CN3C)C2.Cl. The summed E-state index contributed by atoms with van der Waals surface area (Å²) in [7, 11) is 3.38. The number of amides is 1. The zero-order valence-corrected chi connectivity index (χ0v) is 26.0. The van der Waals surface area contributed by atoms with Crippen LogP contribution in [-0.4, -0.2) is 78.4 Å². The monoisotopic (exact) mass is 601 g/mol. The molecule has 2 aliphatic heterocycles. The molecule has 11 nitrogen and oxygen atoms in total. The Labute approximate surface area is 252 Å². The lowest BCUT2D eigenvalue weighted by molar-refractivity contribution is -0.145. The lowest BCUT2D eigenvalue weighted by Crippen LogP contribution is -2.45. The Kier molecular flexibility index (Phi) is 9.77. The third-order valence-electron chi connectivity index (χ3n) is 7.58. The second-order valence-electron chi connectivity index (χ2n) is 11.5. The second-order valence-corrected chi connectivity index (χ2v) is 11.5. The van der Waals surface area contributed by atoms with Crippen molar-refractivity contribution in [2.24, 2.45) is 5.92 Å². The number of aromatic nitrogens is 1. The van der Waals surface area contributed by atoms with Crippen LogP contribution in [0.3, 0.4) is 0 Å². The van der Waals surface area contributed by atoms with Crippen LogP contribution in [0.5, 0.6) is 11.5 Å². The highest BCUT2D eigenvalue weighted by Gasteiger charge is 2.37. The molecular formula is C30H40ClN5O6. The summed E-state index contributed by atoms with van der Waals surface area (Å²) >= 11 is 0. The first kappa shape index (κ1) is 32.7. The van der Waals surface area contributed by atoms with Crippen LogP contribution in [0, 0.1) is 11.3 Å². The largest absolute Gasteiger partial charge is 0.491 e. The number of benzene rings is 1. The van der Waals surface area contributed by atoms with E-state index in [-0.39, 0.29) is 48.2 Å². The number of Topliss-reactive ketones (excluding diaryl/α,β-unsaturated/α-hetero) is 1.